The number of rotatable bonds is 10. The molecule has 0 aliphatic heterocycles. The third-order valence-corrected chi connectivity index (χ3v) is 6.18. The van der Waals surface area contributed by atoms with Crippen LogP contribution in [-0.4, -0.2) is 28.3 Å². The lowest BCUT2D eigenvalue weighted by molar-refractivity contribution is -0.143. The summed E-state index contributed by atoms with van der Waals surface area (Å²) in [4.78, 5) is 33.0. The van der Waals surface area contributed by atoms with Crippen LogP contribution in [0.2, 0.25) is 10.0 Å². The zero-order valence-corrected chi connectivity index (χ0v) is 21.4. The number of aromatic nitrogens is 1. The molecule has 0 bridgehead atoms. The van der Waals surface area contributed by atoms with Crippen LogP contribution in [0.3, 0.4) is 0 Å². The zero-order chi connectivity index (χ0) is 26.0. The minimum Gasteiger partial charge on any atom is -0.482 e. The van der Waals surface area contributed by atoms with Crippen LogP contribution in [0.5, 0.6) is 5.75 Å². The van der Waals surface area contributed by atoms with E-state index >= 15 is 0 Å². The van der Waals surface area contributed by atoms with Crippen LogP contribution >= 0.6 is 23.2 Å². The van der Waals surface area contributed by atoms with Crippen molar-refractivity contribution >= 4 is 35.0 Å². The van der Waals surface area contributed by atoms with Gasteiger partial charge in [0.05, 0.1) is 17.3 Å². The molecule has 1 N–H and O–H groups in total. The van der Waals surface area contributed by atoms with Gasteiger partial charge in [0.2, 0.25) is 5.91 Å². The number of hydrogen-bond acceptors (Lipinski definition) is 4. The average Bonchev–Trinajstić information content (AvgIpc) is 2.93. The van der Waals surface area contributed by atoms with E-state index in [-0.39, 0.29) is 31.5 Å². The Morgan fingerprint density at radius 3 is 2.27 bits per heavy atom. The molecular formula is C29H25Cl2N3O3. The van der Waals surface area contributed by atoms with Gasteiger partial charge in [-0.1, -0.05) is 83.9 Å². The Bertz CT molecular complexity index is 1320. The van der Waals surface area contributed by atoms with E-state index in [4.69, 9.17) is 27.9 Å². The molecule has 0 saturated carbocycles. The molecule has 0 radical (unpaired) electrons. The number of carbonyl (C=O) groups is 2. The van der Waals surface area contributed by atoms with Crippen molar-refractivity contribution in [1.82, 2.24) is 15.2 Å². The second kappa shape index (κ2) is 12.9. The van der Waals surface area contributed by atoms with Gasteiger partial charge in [0.25, 0.3) is 5.91 Å². The molecule has 1 atom stereocenters. The van der Waals surface area contributed by atoms with Gasteiger partial charge in [0.15, 0.2) is 6.61 Å². The van der Waals surface area contributed by atoms with Gasteiger partial charge in [-0.05, 0) is 47.5 Å². The van der Waals surface area contributed by atoms with Gasteiger partial charge < -0.3 is 15.0 Å². The Hall–Kier alpha value is -3.87. The van der Waals surface area contributed by atoms with Crippen molar-refractivity contribution in [3.05, 3.63) is 130 Å². The lowest BCUT2D eigenvalue weighted by atomic mass is 10.0. The van der Waals surface area contributed by atoms with Crippen LogP contribution < -0.4 is 10.1 Å². The van der Waals surface area contributed by atoms with Crippen LogP contribution in [0.1, 0.15) is 22.9 Å². The molecule has 8 heteroatoms. The fourth-order valence-electron chi connectivity index (χ4n) is 3.78. The molecule has 4 rings (SSSR count). The summed E-state index contributed by atoms with van der Waals surface area (Å²) >= 11 is 12.3. The maximum atomic E-state index is 13.6. The molecule has 4 aromatic rings. The molecule has 37 heavy (non-hydrogen) atoms. The van der Waals surface area contributed by atoms with Crippen molar-refractivity contribution in [2.75, 3.05) is 6.61 Å². The van der Waals surface area contributed by atoms with Gasteiger partial charge >= 0.3 is 0 Å². The van der Waals surface area contributed by atoms with E-state index < -0.39 is 6.04 Å². The molecule has 6 nitrogen and oxygen atoms in total. The number of nitrogens with zero attached hydrogens (tertiary/aromatic N) is 2. The van der Waals surface area contributed by atoms with E-state index in [0.29, 0.717) is 27.1 Å². The number of carbonyl (C=O) groups excluding carboxylic acids is 2. The molecule has 0 fully saturated rings. The Balaban J connectivity index is 1.63. The van der Waals surface area contributed by atoms with Gasteiger partial charge in [-0.25, -0.2) is 0 Å². The topological polar surface area (TPSA) is 71.5 Å². The quantitative estimate of drug-likeness (QED) is 0.277. The van der Waals surface area contributed by atoms with Crippen LogP contribution in [-0.2, 0) is 22.7 Å². The third kappa shape index (κ3) is 7.32. The van der Waals surface area contributed by atoms with E-state index in [2.05, 4.69) is 10.3 Å². The van der Waals surface area contributed by atoms with Crippen molar-refractivity contribution in [2.24, 2.45) is 0 Å². The van der Waals surface area contributed by atoms with Crippen molar-refractivity contribution in [1.29, 1.82) is 0 Å². The lowest BCUT2D eigenvalue weighted by Crippen LogP contribution is -2.45. The first kappa shape index (κ1) is 26.2. The van der Waals surface area contributed by atoms with Gasteiger partial charge in [0, 0.05) is 17.8 Å². The van der Waals surface area contributed by atoms with Crippen LogP contribution in [0.4, 0.5) is 0 Å². The molecule has 2 amide bonds. The van der Waals surface area contributed by atoms with Gasteiger partial charge in [-0.2, -0.15) is 0 Å². The van der Waals surface area contributed by atoms with E-state index in [0.717, 1.165) is 5.56 Å². The Kier molecular flexibility index (Phi) is 9.13. The maximum Gasteiger partial charge on any atom is 0.261 e. The van der Waals surface area contributed by atoms with Crippen molar-refractivity contribution in [3.8, 4) is 5.75 Å². The second-order valence-electron chi connectivity index (χ2n) is 8.22. The zero-order valence-electron chi connectivity index (χ0n) is 19.9. The number of amides is 2. The smallest absolute Gasteiger partial charge is 0.261 e. The van der Waals surface area contributed by atoms with Crippen LogP contribution in [0, 0.1) is 0 Å². The summed E-state index contributed by atoms with van der Waals surface area (Å²) in [6.45, 7) is 0.0920. The first-order chi connectivity index (χ1) is 18.0. The molecule has 0 unspecified atom stereocenters. The highest BCUT2D eigenvalue weighted by Crippen LogP contribution is 2.26. The predicted octanol–water partition coefficient (Wildman–Crippen LogP) is 5.85. The summed E-state index contributed by atoms with van der Waals surface area (Å²) in [6.07, 6.45) is 1.67. The fourth-order valence-corrected chi connectivity index (χ4v) is 4.10. The van der Waals surface area contributed by atoms with Crippen molar-refractivity contribution in [3.63, 3.8) is 0 Å². The molecule has 1 heterocycles. The molecular weight excluding hydrogens is 509 g/mol. The molecule has 1 aromatic heterocycles. The van der Waals surface area contributed by atoms with Gasteiger partial charge in [0.1, 0.15) is 11.8 Å². The standard InChI is InChI=1S/C29H25Cl2N3O3/c30-23-15-13-21(14-16-23)19-34(27(35)20-37-26-12-5-4-11-25(26)31)28(22-8-2-1-3-9-22)29(36)33-18-24-10-6-7-17-32-24/h1-17,28H,18-20H2,(H,33,36)/t28-/m0/s1. The summed E-state index contributed by atoms with van der Waals surface area (Å²) in [5.41, 5.74) is 2.19. The van der Waals surface area contributed by atoms with Gasteiger partial charge in [-0.3, -0.25) is 14.6 Å². The fraction of sp³-hybridized carbons (Fsp3) is 0.138. The van der Waals surface area contributed by atoms with E-state index in [9.17, 15) is 9.59 Å². The minimum atomic E-state index is -0.914. The van der Waals surface area contributed by atoms with Gasteiger partial charge in [-0.15, -0.1) is 0 Å². The van der Waals surface area contributed by atoms with Crippen molar-refractivity contribution < 1.29 is 14.3 Å². The van der Waals surface area contributed by atoms with Crippen LogP contribution in [0.25, 0.3) is 0 Å². The Morgan fingerprint density at radius 1 is 0.865 bits per heavy atom. The van der Waals surface area contributed by atoms with Crippen LogP contribution in [0.15, 0.2) is 103 Å². The number of pyridine rings is 1. The number of ether oxygens (including phenoxy) is 1. The highest BCUT2D eigenvalue weighted by Gasteiger charge is 2.32. The number of halogens is 2. The number of para-hydroxylation sites is 1. The second-order valence-corrected chi connectivity index (χ2v) is 9.06. The summed E-state index contributed by atoms with van der Waals surface area (Å²) in [5.74, 6) is -0.326. The molecule has 3 aromatic carbocycles. The third-order valence-electron chi connectivity index (χ3n) is 5.62. The first-order valence-electron chi connectivity index (χ1n) is 11.6. The molecule has 188 valence electrons. The monoisotopic (exact) mass is 533 g/mol. The number of benzene rings is 3. The Morgan fingerprint density at radius 2 is 1.57 bits per heavy atom. The largest absolute Gasteiger partial charge is 0.482 e. The average molecular weight is 534 g/mol. The number of nitrogens with one attached hydrogen (secondary N) is 1. The minimum absolute atomic E-state index is 0.165. The summed E-state index contributed by atoms with van der Waals surface area (Å²) in [6, 6.07) is 27.8. The van der Waals surface area contributed by atoms with E-state index in [1.807, 2.05) is 60.7 Å². The summed E-state index contributed by atoms with van der Waals surface area (Å²) in [7, 11) is 0. The SMILES string of the molecule is O=C(NCc1ccccn1)[C@H](c1ccccc1)N(Cc1ccc(Cl)cc1)C(=O)COc1ccccc1Cl. The maximum absolute atomic E-state index is 13.6. The summed E-state index contributed by atoms with van der Waals surface area (Å²) in [5, 5.41) is 3.91. The normalized spacial score (nSPS) is 11.4. The molecule has 0 aliphatic rings. The van der Waals surface area contributed by atoms with E-state index in [1.165, 1.54) is 4.90 Å². The van der Waals surface area contributed by atoms with Crippen molar-refractivity contribution in [2.45, 2.75) is 19.1 Å². The number of hydrogen-bond donors (Lipinski definition) is 1. The first-order valence-corrected chi connectivity index (χ1v) is 12.4. The predicted molar refractivity (Wildman–Crippen MR) is 144 cm³/mol. The highest BCUT2D eigenvalue weighted by atomic mass is 35.5. The Labute approximate surface area is 225 Å². The highest BCUT2D eigenvalue weighted by molar-refractivity contribution is 6.32. The molecule has 0 saturated heterocycles. The summed E-state index contributed by atoms with van der Waals surface area (Å²) < 4.78 is 5.75. The van der Waals surface area contributed by atoms with E-state index in [1.54, 1.807) is 42.6 Å². The molecule has 0 aliphatic carbocycles. The molecule has 0 spiro atoms. The lowest BCUT2D eigenvalue weighted by Gasteiger charge is -2.31.